The first-order valence-electron chi connectivity index (χ1n) is 7.87. The van der Waals surface area contributed by atoms with E-state index >= 15 is 0 Å². The lowest BCUT2D eigenvalue weighted by atomic mass is 9.82. The van der Waals surface area contributed by atoms with Gasteiger partial charge < -0.3 is 15.8 Å². The van der Waals surface area contributed by atoms with Gasteiger partial charge in [-0.15, -0.1) is 12.4 Å². The summed E-state index contributed by atoms with van der Waals surface area (Å²) in [4.78, 5) is 12.1. The molecule has 0 heterocycles. The van der Waals surface area contributed by atoms with Crippen molar-refractivity contribution in [1.29, 1.82) is 0 Å². The van der Waals surface area contributed by atoms with Crippen molar-refractivity contribution in [1.82, 2.24) is 5.32 Å². The third-order valence-electron chi connectivity index (χ3n) is 4.16. The minimum absolute atomic E-state index is 0. The summed E-state index contributed by atoms with van der Waals surface area (Å²) in [6.45, 7) is 3.24. The average molecular weight is 327 g/mol. The molecule has 1 aliphatic rings. The van der Waals surface area contributed by atoms with Crippen LogP contribution in [-0.4, -0.2) is 24.6 Å². The molecule has 0 atom stereocenters. The van der Waals surface area contributed by atoms with Crippen LogP contribution in [0.5, 0.6) is 5.75 Å². The van der Waals surface area contributed by atoms with Gasteiger partial charge in [-0.1, -0.05) is 37.5 Å². The predicted octanol–water partition coefficient (Wildman–Crippen LogP) is 2.96. The number of amides is 1. The summed E-state index contributed by atoms with van der Waals surface area (Å²) in [6.07, 6.45) is 5.70. The van der Waals surface area contributed by atoms with Crippen LogP contribution in [-0.2, 0) is 4.79 Å². The Hall–Kier alpha value is -1.26. The molecule has 0 spiro atoms. The molecule has 3 N–H and O–H groups in total. The van der Waals surface area contributed by atoms with Crippen LogP contribution in [0.3, 0.4) is 0 Å². The quantitative estimate of drug-likeness (QED) is 0.790. The van der Waals surface area contributed by atoms with Crippen molar-refractivity contribution in [2.75, 3.05) is 13.2 Å². The number of rotatable bonds is 6. The number of carbonyl (C=O) groups is 1. The maximum Gasteiger partial charge on any atom is 0.240 e. The van der Waals surface area contributed by atoms with Gasteiger partial charge >= 0.3 is 0 Å². The number of aryl methyl sites for hydroxylation is 1. The molecule has 0 radical (unpaired) electrons. The smallest absolute Gasteiger partial charge is 0.240 e. The van der Waals surface area contributed by atoms with Crippen molar-refractivity contribution in [3.05, 3.63) is 29.8 Å². The molecule has 1 aromatic rings. The van der Waals surface area contributed by atoms with E-state index in [4.69, 9.17) is 10.5 Å². The second-order valence-corrected chi connectivity index (χ2v) is 5.94. The van der Waals surface area contributed by atoms with E-state index < -0.39 is 5.54 Å². The Morgan fingerprint density at radius 3 is 2.64 bits per heavy atom. The van der Waals surface area contributed by atoms with E-state index in [1.54, 1.807) is 0 Å². The fourth-order valence-corrected chi connectivity index (χ4v) is 2.76. The molecule has 0 aromatic heterocycles. The average Bonchev–Trinajstić information content (AvgIpc) is 2.49. The number of nitrogens with two attached hydrogens (primary N) is 1. The summed E-state index contributed by atoms with van der Waals surface area (Å²) < 4.78 is 5.71. The Morgan fingerprint density at radius 1 is 1.27 bits per heavy atom. The highest BCUT2D eigenvalue weighted by atomic mass is 35.5. The first-order valence-corrected chi connectivity index (χ1v) is 7.87. The Kier molecular flexibility index (Phi) is 7.69. The van der Waals surface area contributed by atoms with E-state index in [9.17, 15) is 4.79 Å². The number of hydrogen-bond acceptors (Lipinski definition) is 3. The Bertz CT molecular complexity index is 473. The van der Waals surface area contributed by atoms with Crippen molar-refractivity contribution < 1.29 is 9.53 Å². The molecule has 1 fully saturated rings. The maximum absolute atomic E-state index is 12.1. The van der Waals surface area contributed by atoms with Crippen molar-refractivity contribution in [3.8, 4) is 5.75 Å². The number of benzene rings is 1. The van der Waals surface area contributed by atoms with Crippen LogP contribution in [0.4, 0.5) is 0 Å². The van der Waals surface area contributed by atoms with Crippen molar-refractivity contribution >= 4 is 18.3 Å². The Labute approximate surface area is 139 Å². The third kappa shape index (κ3) is 5.18. The summed E-state index contributed by atoms with van der Waals surface area (Å²) in [5.41, 5.74) is 6.67. The molecule has 0 saturated heterocycles. The van der Waals surface area contributed by atoms with Gasteiger partial charge in [0.05, 0.1) is 12.1 Å². The molecule has 124 valence electrons. The van der Waals surface area contributed by atoms with E-state index in [0.717, 1.165) is 43.4 Å². The van der Waals surface area contributed by atoms with Crippen LogP contribution in [0.2, 0.25) is 0 Å². The van der Waals surface area contributed by atoms with Crippen LogP contribution in [0, 0.1) is 6.92 Å². The number of carbonyl (C=O) groups excluding carboxylic acids is 1. The highest BCUT2D eigenvalue weighted by molar-refractivity contribution is 5.86. The SMILES string of the molecule is Cc1ccccc1OCCCNC(=O)C1(N)CCCCC1.Cl. The van der Waals surface area contributed by atoms with E-state index in [1.807, 2.05) is 31.2 Å². The minimum atomic E-state index is -0.644. The largest absolute Gasteiger partial charge is 0.493 e. The summed E-state index contributed by atoms with van der Waals surface area (Å²) in [6, 6.07) is 7.95. The molecule has 22 heavy (non-hydrogen) atoms. The van der Waals surface area contributed by atoms with Gasteiger partial charge in [0, 0.05) is 6.54 Å². The zero-order chi connectivity index (χ0) is 15.1. The van der Waals surface area contributed by atoms with Gasteiger partial charge in [0.2, 0.25) is 5.91 Å². The zero-order valence-electron chi connectivity index (χ0n) is 13.3. The molecule has 0 aliphatic heterocycles. The number of nitrogens with one attached hydrogen (secondary N) is 1. The van der Waals surface area contributed by atoms with Crippen LogP contribution in [0.15, 0.2) is 24.3 Å². The van der Waals surface area contributed by atoms with Gasteiger partial charge in [0.1, 0.15) is 5.75 Å². The first kappa shape index (κ1) is 18.8. The van der Waals surface area contributed by atoms with Crippen LogP contribution >= 0.6 is 12.4 Å². The lowest BCUT2D eigenvalue weighted by molar-refractivity contribution is -0.127. The standard InChI is InChI=1S/C17H26N2O2.ClH/c1-14-8-3-4-9-15(14)21-13-7-12-19-16(20)17(18)10-5-2-6-11-17;/h3-4,8-9H,2,5-7,10-13,18H2,1H3,(H,19,20);1H. The topological polar surface area (TPSA) is 64.3 Å². The molecule has 2 rings (SSSR count). The monoisotopic (exact) mass is 326 g/mol. The summed E-state index contributed by atoms with van der Waals surface area (Å²) in [7, 11) is 0. The molecule has 0 unspecified atom stereocenters. The second-order valence-electron chi connectivity index (χ2n) is 5.94. The van der Waals surface area contributed by atoms with Gasteiger partial charge in [-0.05, 0) is 37.8 Å². The normalized spacial score (nSPS) is 16.5. The van der Waals surface area contributed by atoms with Crippen LogP contribution in [0.25, 0.3) is 0 Å². The van der Waals surface area contributed by atoms with E-state index in [2.05, 4.69) is 5.32 Å². The second kappa shape index (κ2) is 9.01. The van der Waals surface area contributed by atoms with Crippen molar-refractivity contribution in [2.24, 2.45) is 5.73 Å². The van der Waals surface area contributed by atoms with E-state index in [-0.39, 0.29) is 18.3 Å². The zero-order valence-corrected chi connectivity index (χ0v) is 14.1. The number of para-hydroxylation sites is 1. The highest BCUT2D eigenvalue weighted by Gasteiger charge is 2.34. The fraction of sp³-hybridized carbons (Fsp3) is 0.588. The molecule has 5 heteroatoms. The number of ether oxygens (including phenoxy) is 1. The van der Waals surface area contributed by atoms with Crippen LogP contribution in [0.1, 0.15) is 44.1 Å². The molecule has 1 aliphatic carbocycles. The van der Waals surface area contributed by atoms with E-state index in [1.165, 1.54) is 6.42 Å². The van der Waals surface area contributed by atoms with Gasteiger partial charge in [-0.25, -0.2) is 0 Å². The Morgan fingerprint density at radius 2 is 1.95 bits per heavy atom. The van der Waals surface area contributed by atoms with Crippen molar-refractivity contribution in [2.45, 2.75) is 51.0 Å². The molecular formula is C17H27ClN2O2. The van der Waals surface area contributed by atoms with Crippen LogP contribution < -0.4 is 15.8 Å². The maximum atomic E-state index is 12.1. The Balaban J connectivity index is 0.00000242. The lowest BCUT2D eigenvalue weighted by Crippen LogP contribution is -2.55. The summed E-state index contributed by atoms with van der Waals surface area (Å²) >= 11 is 0. The third-order valence-corrected chi connectivity index (χ3v) is 4.16. The molecule has 0 bridgehead atoms. The minimum Gasteiger partial charge on any atom is -0.493 e. The highest BCUT2D eigenvalue weighted by Crippen LogP contribution is 2.25. The molecular weight excluding hydrogens is 300 g/mol. The van der Waals surface area contributed by atoms with Gasteiger partial charge in [0.25, 0.3) is 0 Å². The molecule has 1 aromatic carbocycles. The molecule has 4 nitrogen and oxygen atoms in total. The molecule has 1 amide bonds. The predicted molar refractivity (Wildman–Crippen MR) is 91.6 cm³/mol. The lowest BCUT2D eigenvalue weighted by Gasteiger charge is -2.31. The van der Waals surface area contributed by atoms with E-state index in [0.29, 0.717) is 13.2 Å². The van der Waals surface area contributed by atoms with Crippen molar-refractivity contribution in [3.63, 3.8) is 0 Å². The van der Waals surface area contributed by atoms with Gasteiger partial charge in [-0.2, -0.15) is 0 Å². The number of hydrogen-bond donors (Lipinski definition) is 2. The first-order chi connectivity index (χ1) is 10.1. The summed E-state index contributed by atoms with van der Waals surface area (Å²) in [5.74, 6) is 0.907. The number of halogens is 1. The molecule has 1 saturated carbocycles. The summed E-state index contributed by atoms with van der Waals surface area (Å²) in [5, 5.41) is 2.95. The fourth-order valence-electron chi connectivity index (χ4n) is 2.76. The van der Waals surface area contributed by atoms with Gasteiger partial charge in [-0.3, -0.25) is 4.79 Å². The van der Waals surface area contributed by atoms with Gasteiger partial charge in [0.15, 0.2) is 0 Å².